The standard InChI is InChI=1S/C18H22N4O4S/c23-27(24,15-2-3-16-17(12-15)26-11-10-25-16)21-13-14-4-8-22(9-5-14)18-19-6-1-7-20-18/h1-3,6-7,12,14,21H,4-5,8-11,13H2. The van der Waals surface area contributed by atoms with E-state index in [4.69, 9.17) is 9.47 Å². The van der Waals surface area contributed by atoms with Gasteiger partial charge in [-0.25, -0.2) is 23.1 Å². The van der Waals surface area contributed by atoms with E-state index in [1.807, 2.05) is 0 Å². The zero-order valence-corrected chi connectivity index (χ0v) is 15.7. The Bertz CT molecular complexity index is 883. The van der Waals surface area contributed by atoms with E-state index in [-0.39, 0.29) is 10.8 Å². The van der Waals surface area contributed by atoms with Crippen molar-refractivity contribution in [1.82, 2.24) is 14.7 Å². The molecule has 2 aliphatic rings. The minimum atomic E-state index is -3.58. The predicted octanol–water partition coefficient (Wildman–Crippen LogP) is 1.44. The summed E-state index contributed by atoms with van der Waals surface area (Å²) < 4.78 is 38.9. The van der Waals surface area contributed by atoms with Crippen LogP contribution in [0.1, 0.15) is 12.8 Å². The van der Waals surface area contributed by atoms with E-state index in [9.17, 15) is 8.42 Å². The summed E-state index contributed by atoms with van der Waals surface area (Å²) >= 11 is 0. The molecule has 4 rings (SSSR count). The lowest BCUT2D eigenvalue weighted by Gasteiger charge is -2.31. The Morgan fingerprint density at radius 2 is 1.78 bits per heavy atom. The highest BCUT2D eigenvalue weighted by Gasteiger charge is 2.24. The maximum Gasteiger partial charge on any atom is 0.240 e. The number of anilines is 1. The van der Waals surface area contributed by atoms with Crippen LogP contribution in [0.4, 0.5) is 5.95 Å². The van der Waals surface area contributed by atoms with Crippen molar-refractivity contribution in [3.8, 4) is 11.5 Å². The van der Waals surface area contributed by atoms with Crippen LogP contribution in [0.15, 0.2) is 41.6 Å². The number of aromatic nitrogens is 2. The largest absolute Gasteiger partial charge is 0.486 e. The van der Waals surface area contributed by atoms with Gasteiger partial charge in [0.2, 0.25) is 16.0 Å². The quantitative estimate of drug-likeness (QED) is 0.826. The van der Waals surface area contributed by atoms with Crippen LogP contribution in [-0.4, -0.2) is 51.2 Å². The topological polar surface area (TPSA) is 93.7 Å². The van der Waals surface area contributed by atoms with Crippen LogP contribution >= 0.6 is 0 Å². The van der Waals surface area contributed by atoms with E-state index in [2.05, 4.69) is 19.6 Å². The Morgan fingerprint density at radius 1 is 1.07 bits per heavy atom. The summed E-state index contributed by atoms with van der Waals surface area (Å²) in [7, 11) is -3.58. The second kappa shape index (κ2) is 7.69. The molecule has 0 atom stereocenters. The molecule has 0 spiro atoms. The van der Waals surface area contributed by atoms with Gasteiger partial charge in [-0.15, -0.1) is 0 Å². The Labute approximate surface area is 158 Å². The SMILES string of the molecule is O=S(=O)(NCC1CCN(c2ncccn2)CC1)c1ccc2c(c1)OCCO2. The van der Waals surface area contributed by atoms with Crippen LogP contribution in [0, 0.1) is 5.92 Å². The number of sulfonamides is 1. The number of piperidine rings is 1. The van der Waals surface area contributed by atoms with E-state index >= 15 is 0 Å². The molecule has 0 saturated carbocycles. The van der Waals surface area contributed by atoms with Gasteiger partial charge in [-0.2, -0.15) is 0 Å². The minimum Gasteiger partial charge on any atom is -0.486 e. The highest BCUT2D eigenvalue weighted by molar-refractivity contribution is 7.89. The van der Waals surface area contributed by atoms with Crippen molar-refractivity contribution in [3.05, 3.63) is 36.7 Å². The molecule has 0 radical (unpaired) electrons. The van der Waals surface area contributed by atoms with Crippen molar-refractivity contribution in [3.63, 3.8) is 0 Å². The Morgan fingerprint density at radius 3 is 2.52 bits per heavy atom. The highest BCUT2D eigenvalue weighted by Crippen LogP contribution is 2.32. The first-order chi connectivity index (χ1) is 13.1. The molecule has 0 unspecified atom stereocenters. The molecule has 1 aromatic carbocycles. The number of nitrogens with one attached hydrogen (secondary N) is 1. The number of hydrogen-bond acceptors (Lipinski definition) is 7. The molecule has 27 heavy (non-hydrogen) atoms. The number of hydrogen-bond donors (Lipinski definition) is 1. The first kappa shape index (κ1) is 18.0. The number of ether oxygens (including phenoxy) is 2. The molecule has 144 valence electrons. The molecule has 1 fully saturated rings. The Kier molecular flexibility index (Phi) is 5.13. The van der Waals surface area contributed by atoms with Gasteiger partial charge in [0.25, 0.3) is 0 Å². The number of fused-ring (bicyclic) bond motifs is 1. The Balaban J connectivity index is 1.33. The third-order valence-electron chi connectivity index (χ3n) is 4.84. The lowest BCUT2D eigenvalue weighted by atomic mass is 9.97. The molecule has 2 aliphatic heterocycles. The molecule has 0 aliphatic carbocycles. The molecular weight excluding hydrogens is 368 g/mol. The molecule has 1 aromatic heterocycles. The van der Waals surface area contributed by atoms with E-state index < -0.39 is 10.0 Å². The number of rotatable bonds is 5. The van der Waals surface area contributed by atoms with E-state index in [0.29, 0.717) is 31.3 Å². The van der Waals surface area contributed by atoms with Crippen molar-refractivity contribution in [2.45, 2.75) is 17.7 Å². The van der Waals surface area contributed by atoms with Gasteiger partial charge in [-0.3, -0.25) is 0 Å². The normalized spacial score (nSPS) is 17.7. The molecule has 0 bridgehead atoms. The van der Waals surface area contributed by atoms with Gasteiger partial charge < -0.3 is 14.4 Å². The molecule has 1 saturated heterocycles. The summed E-state index contributed by atoms with van der Waals surface area (Å²) in [5.74, 6) is 2.07. The molecule has 2 aromatic rings. The average Bonchev–Trinajstić information content (AvgIpc) is 2.73. The molecule has 1 N–H and O–H groups in total. The van der Waals surface area contributed by atoms with Gasteiger partial charge in [-0.1, -0.05) is 0 Å². The summed E-state index contributed by atoms with van der Waals surface area (Å²) in [6.07, 6.45) is 5.25. The maximum absolute atomic E-state index is 12.6. The molecule has 9 heteroatoms. The second-order valence-corrected chi connectivity index (χ2v) is 8.40. The summed E-state index contributed by atoms with van der Waals surface area (Å²) in [4.78, 5) is 10.9. The molecule has 0 amide bonds. The third-order valence-corrected chi connectivity index (χ3v) is 6.26. The summed E-state index contributed by atoms with van der Waals surface area (Å²) in [5.41, 5.74) is 0. The van der Waals surface area contributed by atoms with Crippen molar-refractivity contribution < 1.29 is 17.9 Å². The van der Waals surface area contributed by atoms with Crippen LogP contribution in [0.2, 0.25) is 0 Å². The molecule has 3 heterocycles. The average molecular weight is 390 g/mol. The second-order valence-electron chi connectivity index (χ2n) is 6.64. The number of nitrogens with zero attached hydrogens (tertiary/aromatic N) is 3. The summed E-state index contributed by atoms with van der Waals surface area (Å²) in [6.45, 7) is 2.96. The first-order valence-electron chi connectivity index (χ1n) is 9.03. The van der Waals surface area contributed by atoms with Crippen LogP contribution in [0.25, 0.3) is 0 Å². The van der Waals surface area contributed by atoms with Gasteiger partial charge in [0.05, 0.1) is 4.90 Å². The summed E-state index contributed by atoms with van der Waals surface area (Å²) in [6, 6.07) is 6.50. The van der Waals surface area contributed by atoms with Crippen LogP contribution in [-0.2, 0) is 10.0 Å². The van der Waals surface area contributed by atoms with Crippen LogP contribution in [0.3, 0.4) is 0 Å². The fourth-order valence-electron chi connectivity index (χ4n) is 3.29. The van der Waals surface area contributed by atoms with Gasteiger partial charge in [0, 0.05) is 38.1 Å². The lowest BCUT2D eigenvalue weighted by molar-refractivity contribution is 0.171. The molecule has 8 nitrogen and oxygen atoms in total. The van der Waals surface area contributed by atoms with Crippen molar-refractivity contribution >= 4 is 16.0 Å². The Hall–Kier alpha value is -2.39. The van der Waals surface area contributed by atoms with Gasteiger partial charge in [-0.05, 0) is 37.0 Å². The zero-order chi connectivity index (χ0) is 18.7. The molecular formula is C18H22N4O4S. The third kappa shape index (κ3) is 4.14. The smallest absolute Gasteiger partial charge is 0.240 e. The highest BCUT2D eigenvalue weighted by atomic mass is 32.2. The van der Waals surface area contributed by atoms with Gasteiger partial charge in [0.15, 0.2) is 11.5 Å². The zero-order valence-electron chi connectivity index (χ0n) is 14.9. The summed E-state index contributed by atoms with van der Waals surface area (Å²) in [5, 5.41) is 0. The monoisotopic (exact) mass is 390 g/mol. The van der Waals surface area contributed by atoms with Crippen LogP contribution < -0.4 is 19.1 Å². The van der Waals surface area contributed by atoms with E-state index in [1.54, 1.807) is 30.6 Å². The number of benzene rings is 1. The van der Waals surface area contributed by atoms with Crippen molar-refractivity contribution in [2.75, 3.05) is 37.7 Å². The van der Waals surface area contributed by atoms with Crippen molar-refractivity contribution in [1.29, 1.82) is 0 Å². The van der Waals surface area contributed by atoms with Crippen LogP contribution in [0.5, 0.6) is 11.5 Å². The fourth-order valence-corrected chi connectivity index (χ4v) is 4.42. The maximum atomic E-state index is 12.6. The van der Waals surface area contributed by atoms with Gasteiger partial charge >= 0.3 is 0 Å². The van der Waals surface area contributed by atoms with E-state index in [1.165, 1.54) is 6.07 Å². The first-order valence-corrected chi connectivity index (χ1v) is 10.5. The lowest BCUT2D eigenvalue weighted by Crippen LogP contribution is -2.39. The minimum absolute atomic E-state index is 0.196. The fraction of sp³-hybridized carbons (Fsp3) is 0.444. The van der Waals surface area contributed by atoms with Gasteiger partial charge in [0.1, 0.15) is 13.2 Å². The van der Waals surface area contributed by atoms with Crippen molar-refractivity contribution in [2.24, 2.45) is 5.92 Å². The predicted molar refractivity (Wildman–Crippen MR) is 99.6 cm³/mol. The van der Waals surface area contributed by atoms with E-state index in [0.717, 1.165) is 31.9 Å².